The van der Waals surface area contributed by atoms with Crippen molar-refractivity contribution in [3.8, 4) is 0 Å². The number of sulfonamides is 1. The lowest BCUT2D eigenvalue weighted by molar-refractivity contribution is 0.579. The number of nitrogens with zero attached hydrogens (tertiary/aromatic N) is 1. The monoisotopic (exact) mass is 290 g/mol. The van der Waals surface area contributed by atoms with Crippen LogP contribution in [0, 0.1) is 11.6 Å². The highest BCUT2D eigenvalue weighted by molar-refractivity contribution is 7.92. The fraction of sp³-hybridized carbons (Fsp3) is 0.100. The first-order valence-electron chi connectivity index (χ1n) is 4.79. The lowest BCUT2D eigenvalue weighted by atomic mass is 10.2. The molecular formula is C10H8F2N2O2S2. The van der Waals surface area contributed by atoms with Gasteiger partial charge in [0.15, 0.2) is 5.13 Å². The highest BCUT2D eigenvalue weighted by Crippen LogP contribution is 2.16. The van der Waals surface area contributed by atoms with Crippen LogP contribution in [0.1, 0.15) is 5.56 Å². The van der Waals surface area contributed by atoms with Crippen LogP contribution in [0.2, 0.25) is 0 Å². The molecule has 0 saturated carbocycles. The summed E-state index contributed by atoms with van der Waals surface area (Å²) in [5.74, 6) is -2.13. The van der Waals surface area contributed by atoms with Crippen molar-refractivity contribution < 1.29 is 17.2 Å². The first-order valence-corrected chi connectivity index (χ1v) is 7.33. The molecule has 0 atom stereocenters. The summed E-state index contributed by atoms with van der Waals surface area (Å²) in [6.45, 7) is 0. The van der Waals surface area contributed by atoms with Crippen LogP contribution in [0.5, 0.6) is 0 Å². The average molecular weight is 290 g/mol. The Morgan fingerprint density at radius 1 is 1.22 bits per heavy atom. The summed E-state index contributed by atoms with van der Waals surface area (Å²) in [5, 5.41) is 1.83. The molecule has 4 nitrogen and oxygen atoms in total. The van der Waals surface area contributed by atoms with Gasteiger partial charge in [0.2, 0.25) is 10.0 Å². The summed E-state index contributed by atoms with van der Waals surface area (Å²) in [6.07, 6.45) is 1.45. The number of hydrogen-bond acceptors (Lipinski definition) is 4. The van der Waals surface area contributed by atoms with E-state index in [0.717, 1.165) is 23.5 Å². The van der Waals surface area contributed by atoms with Crippen LogP contribution in [-0.2, 0) is 15.8 Å². The second kappa shape index (κ2) is 4.99. The minimum Gasteiger partial charge on any atom is -0.258 e. The second-order valence-corrected chi connectivity index (χ2v) is 6.09. The minimum atomic E-state index is -3.73. The molecule has 0 unspecified atom stereocenters. The largest absolute Gasteiger partial charge is 0.258 e. The Labute approximate surface area is 106 Å². The van der Waals surface area contributed by atoms with E-state index in [1.165, 1.54) is 6.20 Å². The van der Waals surface area contributed by atoms with Gasteiger partial charge in [-0.25, -0.2) is 22.2 Å². The summed E-state index contributed by atoms with van der Waals surface area (Å²) in [5.41, 5.74) is 0.0385. The van der Waals surface area contributed by atoms with Gasteiger partial charge < -0.3 is 0 Å². The van der Waals surface area contributed by atoms with Crippen molar-refractivity contribution in [1.82, 2.24) is 4.98 Å². The third-order valence-corrected chi connectivity index (χ3v) is 3.99. The Balaban J connectivity index is 2.17. The summed E-state index contributed by atoms with van der Waals surface area (Å²) in [4.78, 5) is 3.76. The number of halogens is 2. The van der Waals surface area contributed by atoms with Crippen molar-refractivity contribution in [2.75, 3.05) is 4.72 Å². The van der Waals surface area contributed by atoms with Gasteiger partial charge in [-0.1, -0.05) is 0 Å². The van der Waals surface area contributed by atoms with Crippen molar-refractivity contribution in [3.63, 3.8) is 0 Å². The molecular weight excluding hydrogens is 282 g/mol. The lowest BCUT2D eigenvalue weighted by Gasteiger charge is -2.05. The Morgan fingerprint density at radius 3 is 2.44 bits per heavy atom. The quantitative estimate of drug-likeness (QED) is 0.940. The number of hydrogen-bond donors (Lipinski definition) is 1. The molecule has 1 aromatic carbocycles. The molecule has 8 heteroatoms. The maximum atomic E-state index is 12.9. The van der Waals surface area contributed by atoms with E-state index in [-0.39, 0.29) is 10.7 Å². The number of aromatic nitrogens is 1. The normalized spacial score (nSPS) is 11.4. The van der Waals surface area contributed by atoms with E-state index >= 15 is 0 Å². The van der Waals surface area contributed by atoms with Gasteiger partial charge in [0.25, 0.3) is 0 Å². The van der Waals surface area contributed by atoms with Gasteiger partial charge in [0.1, 0.15) is 11.6 Å². The molecule has 0 amide bonds. The summed E-state index contributed by atoms with van der Waals surface area (Å²) >= 11 is 1.12. The maximum Gasteiger partial charge on any atom is 0.238 e. The first kappa shape index (κ1) is 12.9. The van der Waals surface area contributed by atoms with Crippen LogP contribution in [-0.4, -0.2) is 13.4 Å². The molecule has 0 radical (unpaired) electrons. The Bertz CT molecular complexity index is 622. The lowest BCUT2D eigenvalue weighted by Crippen LogP contribution is -2.15. The molecule has 96 valence electrons. The SMILES string of the molecule is O=S(=O)(Cc1cc(F)cc(F)c1)Nc1nccs1. The average Bonchev–Trinajstić information content (AvgIpc) is 2.66. The van der Waals surface area contributed by atoms with E-state index in [4.69, 9.17) is 0 Å². The third kappa shape index (κ3) is 3.47. The Morgan fingerprint density at radius 2 is 1.89 bits per heavy atom. The van der Waals surface area contributed by atoms with E-state index < -0.39 is 27.4 Å². The summed E-state index contributed by atoms with van der Waals surface area (Å²) < 4.78 is 51.5. The predicted molar refractivity (Wildman–Crippen MR) is 64.7 cm³/mol. The van der Waals surface area contributed by atoms with Crippen molar-refractivity contribution in [2.45, 2.75) is 5.75 Å². The van der Waals surface area contributed by atoms with Crippen LogP contribution in [0.4, 0.5) is 13.9 Å². The Kier molecular flexibility index (Phi) is 3.58. The van der Waals surface area contributed by atoms with E-state index in [1.807, 2.05) is 0 Å². The highest BCUT2D eigenvalue weighted by Gasteiger charge is 2.14. The molecule has 1 N–H and O–H groups in total. The molecule has 18 heavy (non-hydrogen) atoms. The molecule has 0 bridgehead atoms. The third-order valence-electron chi connectivity index (χ3n) is 1.95. The standard InChI is InChI=1S/C10H8F2N2O2S2/c11-8-3-7(4-9(12)5-8)6-18(15,16)14-10-13-1-2-17-10/h1-5H,6H2,(H,13,14). The summed E-state index contributed by atoms with van der Waals surface area (Å²) in [6, 6.07) is 2.64. The molecule has 1 heterocycles. The number of anilines is 1. The van der Waals surface area contributed by atoms with Crippen LogP contribution < -0.4 is 4.72 Å². The van der Waals surface area contributed by atoms with E-state index in [9.17, 15) is 17.2 Å². The Hall–Kier alpha value is -1.54. The van der Waals surface area contributed by atoms with Gasteiger partial charge in [0, 0.05) is 17.6 Å². The topological polar surface area (TPSA) is 59.1 Å². The molecule has 0 aliphatic rings. The molecule has 0 spiro atoms. The van der Waals surface area contributed by atoms with Crippen LogP contribution in [0.3, 0.4) is 0 Å². The second-order valence-electron chi connectivity index (χ2n) is 3.48. The number of nitrogens with one attached hydrogen (secondary N) is 1. The molecule has 1 aromatic heterocycles. The number of benzene rings is 1. The highest BCUT2D eigenvalue weighted by atomic mass is 32.2. The molecule has 0 saturated heterocycles. The van der Waals surface area contributed by atoms with Crippen LogP contribution in [0.25, 0.3) is 0 Å². The van der Waals surface area contributed by atoms with Crippen molar-refractivity contribution >= 4 is 26.5 Å². The number of thiazole rings is 1. The van der Waals surface area contributed by atoms with Gasteiger partial charge >= 0.3 is 0 Å². The fourth-order valence-electron chi connectivity index (χ4n) is 1.36. The molecule has 0 aliphatic carbocycles. The zero-order valence-electron chi connectivity index (χ0n) is 8.93. The van der Waals surface area contributed by atoms with E-state index in [2.05, 4.69) is 9.71 Å². The predicted octanol–water partition coefficient (Wildman–Crippen LogP) is 2.36. The smallest absolute Gasteiger partial charge is 0.238 e. The van der Waals surface area contributed by atoms with Gasteiger partial charge in [-0.3, -0.25) is 4.72 Å². The van der Waals surface area contributed by atoms with Gasteiger partial charge in [0.05, 0.1) is 5.75 Å². The van der Waals surface area contributed by atoms with E-state index in [0.29, 0.717) is 6.07 Å². The van der Waals surface area contributed by atoms with E-state index in [1.54, 1.807) is 5.38 Å². The van der Waals surface area contributed by atoms with Gasteiger partial charge in [-0.2, -0.15) is 0 Å². The molecule has 2 aromatic rings. The fourth-order valence-corrected chi connectivity index (χ4v) is 3.30. The molecule has 2 rings (SSSR count). The zero-order chi connectivity index (χ0) is 13.2. The summed E-state index contributed by atoms with van der Waals surface area (Å²) in [7, 11) is -3.73. The number of rotatable bonds is 4. The molecule has 0 fully saturated rings. The van der Waals surface area contributed by atoms with Crippen molar-refractivity contribution in [2.24, 2.45) is 0 Å². The minimum absolute atomic E-state index is 0.0385. The first-order chi connectivity index (χ1) is 8.44. The maximum absolute atomic E-state index is 12.9. The molecule has 0 aliphatic heterocycles. The zero-order valence-corrected chi connectivity index (χ0v) is 10.6. The van der Waals surface area contributed by atoms with Crippen LogP contribution >= 0.6 is 11.3 Å². The van der Waals surface area contributed by atoms with Gasteiger partial charge in [-0.15, -0.1) is 11.3 Å². The van der Waals surface area contributed by atoms with Crippen molar-refractivity contribution in [1.29, 1.82) is 0 Å². The van der Waals surface area contributed by atoms with Crippen LogP contribution in [0.15, 0.2) is 29.8 Å². The van der Waals surface area contributed by atoms with Crippen molar-refractivity contribution in [3.05, 3.63) is 47.0 Å². The van der Waals surface area contributed by atoms with Gasteiger partial charge in [-0.05, 0) is 17.7 Å².